The number of hydrogen-bond acceptors (Lipinski definition) is 5. The molecule has 0 aromatic carbocycles. The van der Waals surface area contributed by atoms with Crippen molar-refractivity contribution in [1.82, 2.24) is 25.8 Å². The van der Waals surface area contributed by atoms with Crippen molar-refractivity contribution in [2.24, 2.45) is 4.99 Å². The first-order valence-corrected chi connectivity index (χ1v) is 7.78. The van der Waals surface area contributed by atoms with Gasteiger partial charge in [-0.15, -0.1) is 24.0 Å². The summed E-state index contributed by atoms with van der Waals surface area (Å²) in [6, 6.07) is 5.57. The van der Waals surface area contributed by atoms with Crippen LogP contribution in [0.2, 0.25) is 0 Å². The summed E-state index contributed by atoms with van der Waals surface area (Å²) in [5.41, 5.74) is 0.636. The van der Waals surface area contributed by atoms with E-state index in [0.717, 1.165) is 12.5 Å². The summed E-state index contributed by atoms with van der Waals surface area (Å²) < 4.78 is 5.23. The summed E-state index contributed by atoms with van der Waals surface area (Å²) in [5, 5.41) is 10.5. The van der Waals surface area contributed by atoms with E-state index in [1.54, 1.807) is 6.20 Å². The molecule has 2 aromatic rings. The summed E-state index contributed by atoms with van der Waals surface area (Å²) >= 11 is 0. The fraction of sp³-hybridized carbons (Fsp3) is 0.500. The number of hydrogen-bond donors (Lipinski definition) is 2. The first-order valence-electron chi connectivity index (χ1n) is 7.78. The van der Waals surface area contributed by atoms with Crippen LogP contribution in [-0.2, 0) is 6.42 Å². The van der Waals surface area contributed by atoms with E-state index in [0.29, 0.717) is 30.4 Å². The minimum atomic E-state index is -0.0424. The maximum Gasteiger partial charge on any atom is 0.276 e. The summed E-state index contributed by atoms with van der Waals surface area (Å²) in [4.78, 5) is 13.1. The van der Waals surface area contributed by atoms with E-state index in [1.807, 2.05) is 25.1 Å². The normalized spacial score (nSPS) is 11.8. The van der Waals surface area contributed by atoms with Crippen molar-refractivity contribution in [1.29, 1.82) is 0 Å². The van der Waals surface area contributed by atoms with Gasteiger partial charge < -0.3 is 15.2 Å². The fourth-order valence-electron chi connectivity index (χ4n) is 1.88. The van der Waals surface area contributed by atoms with Gasteiger partial charge in [-0.2, -0.15) is 4.98 Å². The van der Waals surface area contributed by atoms with Gasteiger partial charge in [-0.05, 0) is 39.8 Å². The number of nitrogens with one attached hydrogen (secondary N) is 2. The van der Waals surface area contributed by atoms with Gasteiger partial charge >= 0.3 is 0 Å². The summed E-state index contributed by atoms with van der Waals surface area (Å²) in [6.45, 7) is 9.72. The predicted molar refractivity (Wildman–Crippen MR) is 106 cm³/mol. The number of guanidine groups is 1. The second-order valence-corrected chi connectivity index (χ2v) is 6.12. The Hall–Kier alpha value is -1.71. The third kappa shape index (κ3) is 6.81. The molecule has 0 radical (unpaired) electrons. The zero-order valence-electron chi connectivity index (χ0n) is 14.5. The van der Waals surface area contributed by atoms with Crippen molar-refractivity contribution in [3.63, 3.8) is 0 Å². The van der Waals surface area contributed by atoms with E-state index < -0.39 is 0 Å². The van der Waals surface area contributed by atoms with E-state index in [4.69, 9.17) is 4.52 Å². The number of rotatable bonds is 5. The lowest BCUT2D eigenvalue weighted by molar-refractivity contribution is 0.421. The Morgan fingerprint density at radius 2 is 2.08 bits per heavy atom. The molecular weight excluding hydrogens is 419 g/mol. The number of nitrogens with zero attached hydrogens (tertiary/aromatic N) is 4. The summed E-state index contributed by atoms with van der Waals surface area (Å²) in [7, 11) is 0. The van der Waals surface area contributed by atoms with E-state index in [-0.39, 0.29) is 29.5 Å². The van der Waals surface area contributed by atoms with E-state index in [9.17, 15) is 0 Å². The van der Waals surface area contributed by atoms with Crippen LogP contribution in [-0.4, -0.2) is 39.7 Å². The van der Waals surface area contributed by atoms with Crippen LogP contribution in [0.3, 0.4) is 0 Å². The maximum absolute atomic E-state index is 5.23. The lowest BCUT2D eigenvalue weighted by atomic mass is 10.1. The third-order valence-corrected chi connectivity index (χ3v) is 2.80. The highest BCUT2D eigenvalue weighted by atomic mass is 127. The number of aliphatic imine (C=N–C) groups is 1. The van der Waals surface area contributed by atoms with Crippen molar-refractivity contribution in [3.8, 4) is 11.6 Å². The molecule has 0 aliphatic heterocycles. The molecule has 0 aliphatic rings. The molecule has 0 fully saturated rings. The Morgan fingerprint density at radius 3 is 2.71 bits per heavy atom. The minimum absolute atomic E-state index is 0. The van der Waals surface area contributed by atoms with Crippen molar-refractivity contribution in [2.45, 2.75) is 39.7 Å². The molecule has 0 amide bonds. The van der Waals surface area contributed by atoms with Gasteiger partial charge in [0.05, 0.1) is 0 Å². The number of halogens is 1. The molecule has 2 rings (SSSR count). The Bertz CT molecular complexity index is 636. The van der Waals surface area contributed by atoms with Crippen LogP contribution < -0.4 is 10.6 Å². The molecule has 7 nitrogen and oxygen atoms in total. The molecule has 2 heterocycles. The van der Waals surface area contributed by atoms with E-state index >= 15 is 0 Å². The standard InChI is InChI=1S/C16H24N6O.HI/c1-5-17-15(21-16(2,3)4)19-11-9-13-20-14(23-22-13)12-8-6-7-10-18-12;/h6-8,10H,5,9,11H2,1-4H3,(H2,17,19,21);1H. The van der Waals surface area contributed by atoms with Gasteiger partial charge in [0, 0.05) is 31.2 Å². The quantitative estimate of drug-likeness (QED) is 0.419. The van der Waals surface area contributed by atoms with Gasteiger partial charge in [-0.25, -0.2) is 0 Å². The highest BCUT2D eigenvalue weighted by Crippen LogP contribution is 2.13. The van der Waals surface area contributed by atoms with Crippen LogP contribution in [0.1, 0.15) is 33.5 Å². The molecule has 0 atom stereocenters. The van der Waals surface area contributed by atoms with Crippen molar-refractivity contribution in [3.05, 3.63) is 30.2 Å². The molecule has 0 unspecified atom stereocenters. The molecule has 0 saturated heterocycles. The molecular formula is C16H25IN6O. The lowest BCUT2D eigenvalue weighted by Crippen LogP contribution is -2.47. The zero-order valence-corrected chi connectivity index (χ0v) is 16.9. The van der Waals surface area contributed by atoms with Crippen molar-refractivity contribution < 1.29 is 4.52 Å². The minimum Gasteiger partial charge on any atom is -0.357 e. The smallest absolute Gasteiger partial charge is 0.276 e. The molecule has 2 N–H and O–H groups in total. The maximum atomic E-state index is 5.23. The topological polar surface area (TPSA) is 88.2 Å². The monoisotopic (exact) mass is 444 g/mol. The van der Waals surface area contributed by atoms with Crippen LogP contribution in [0.15, 0.2) is 33.9 Å². The first kappa shape index (κ1) is 20.3. The summed E-state index contributed by atoms with van der Waals surface area (Å²) in [5.74, 6) is 1.85. The molecule has 0 spiro atoms. The zero-order chi connectivity index (χ0) is 16.7. The molecule has 8 heteroatoms. The number of aromatic nitrogens is 3. The van der Waals surface area contributed by atoms with Crippen molar-refractivity contribution in [2.75, 3.05) is 13.1 Å². The second kappa shape index (κ2) is 9.55. The predicted octanol–water partition coefficient (Wildman–Crippen LogP) is 2.65. The van der Waals surface area contributed by atoms with Crippen LogP contribution in [0.4, 0.5) is 0 Å². The van der Waals surface area contributed by atoms with Crippen molar-refractivity contribution >= 4 is 29.9 Å². The molecule has 0 saturated carbocycles. The molecule has 0 aliphatic carbocycles. The van der Waals surface area contributed by atoms with Crippen LogP contribution >= 0.6 is 24.0 Å². The second-order valence-electron chi connectivity index (χ2n) is 6.12. The van der Waals surface area contributed by atoms with E-state index in [2.05, 4.69) is 51.5 Å². The first-order chi connectivity index (χ1) is 11.0. The van der Waals surface area contributed by atoms with Gasteiger partial charge in [0.2, 0.25) is 0 Å². The Labute approximate surface area is 159 Å². The highest BCUT2D eigenvalue weighted by Gasteiger charge is 2.12. The van der Waals surface area contributed by atoms with Gasteiger partial charge in [0.1, 0.15) is 5.69 Å². The van der Waals surface area contributed by atoms with Crippen LogP contribution in [0, 0.1) is 0 Å². The Kier molecular flexibility index (Phi) is 8.09. The highest BCUT2D eigenvalue weighted by molar-refractivity contribution is 14.0. The average molecular weight is 444 g/mol. The molecule has 24 heavy (non-hydrogen) atoms. The summed E-state index contributed by atoms with van der Waals surface area (Å²) in [6.07, 6.45) is 2.31. The van der Waals surface area contributed by atoms with Gasteiger partial charge in [-0.1, -0.05) is 11.2 Å². The molecule has 2 aromatic heterocycles. The largest absolute Gasteiger partial charge is 0.357 e. The van der Waals surface area contributed by atoms with E-state index in [1.165, 1.54) is 0 Å². The van der Waals surface area contributed by atoms with Crippen LogP contribution in [0.25, 0.3) is 11.6 Å². The fourth-order valence-corrected chi connectivity index (χ4v) is 1.88. The van der Waals surface area contributed by atoms with Gasteiger partial charge in [-0.3, -0.25) is 9.98 Å². The molecule has 0 bridgehead atoms. The SMILES string of the molecule is CCNC(=NCCc1noc(-c2ccccn2)n1)NC(C)(C)C.I. The van der Waals surface area contributed by atoms with Crippen LogP contribution in [0.5, 0.6) is 0 Å². The number of pyridine rings is 1. The third-order valence-electron chi connectivity index (χ3n) is 2.80. The molecule has 132 valence electrons. The average Bonchev–Trinajstić information content (AvgIpc) is 2.96. The Morgan fingerprint density at radius 1 is 1.29 bits per heavy atom. The lowest BCUT2D eigenvalue weighted by Gasteiger charge is -2.23. The van der Waals surface area contributed by atoms with Gasteiger partial charge in [0.15, 0.2) is 11.8 Å². The Balaban J connectivity index is 0.00000288. The van der Waals surface area contributed by atoms with Gasteiger partial charge in [0.25, 0.3) is 5.89 Å².